The van der Waals surface area contributed by atoms with E-state index in [9.17, 15) is 0 Å². The van der Waals surface area contributed by atoms with Crippen molar-refractivity contribution >= 4 is 37.9 Å². The third kappa shape index (κ3) is 2.28. The van der Waals surface area contributed by atoms with E-state index >= 15 is 0 Å². The molecule has 1 heterocycles. The largest absolute Gasteiger partial charge is 0.475 e. The number of furan rings is 1. The van der Waals surface area contributed by atoms with Crippen molar-refractivity contribution < 1.29 is 9.15 Å². The normalized spacial score (nSPS) is 11.7. The lowest BCUT2D eigenvalue weighted by Crippen LogP contribution is -2.25. The zero-order valence-corrected chi connectivity index (χ0v) is 12.8. The SMILES string of the molecule is C#CC(C)(C)Oc1ccc2oc3cc(Br)ccc3c2c1. The lowest BCUT2D eigenvalue weighted by Gasteiger charge is -2.20. The van der Waals surface area contributed by atoms with Crippen LogP contribution in [0.15, 0.2) is 45.3 Å². The van der Waals surface area contributed by atoms with Crippen molar-refractivity contribution in [1.29, 1.82) is 0 Å². The minimum absolute atomic E-state index is 0.629. The topological polar surface area (TPSA) is 22.4 Å². The Hall–Kier alpha value is -1.92. The van der Waals surface area contributed by atoms with E-state index in [0.717, 1.165) is 32.2 Å². The molecular formula is C17H13BrO2. The van der Waals surface area contributed by atoms with Gasteiger partial charge in [-0.25, -0.2) is 0 Å². The van der Waals surface area contributed by atoms with E-state index in [1.54, 1.807) is 0 Å². The van der Waals surface area contributed by atoms with Crippen molar-refractivity contribution in [2.24, 2.45) is 0 Å². The molecule has 0 unspecified atom stereocenters. The molecule has 0 fully saturated rings. The highest BCUT2D eigenvalue weighted by molar-refractivity contribution is 9.10. The molecule has 3 aromatic rings. The predicted octanol–water partition coefficient (Wildman–Crippen LogP) is 5.14. The first-order valence-electron chi connectivity index (χ1n) is 6.27. The van der Waals surface area contributed by atoms with Crippen molar-refractivity contribution in [2.75, 3.05) is 0 Å². The molecule has 0 aliphatic heterocycles. The van der Waals surface area contributed by atoms with E-state index in [-0.39, 0.29) is 0 Å². The van der Waals surface area contributed by atoms with Crippen LogP contribution in [0.5, 0.6) is 5.75 Å². The summed E-state index contributed by atoms with van der Waals surface area (Å²) in [7, 11) is 0. The van der Waals surface area contributed by atoms with E-state index < -0.39 is 5.60 Å². The molecule has 0 bridgehead atoms. The molecule has 0 saturated carbocycles. The van der Waals surface area contributed by atoms with Crippen LogP contribution < -0.4 is 4.74 Å². The molecule has 0 radical (unpaired) electrons. The average Bonchev–Trinajstić information content (AvgIpc) is 2.75. The summed E-state index contributed by atoms with van der Waals surface area (Å²) in [5, 5.41) is 2.09. The zero-order valence-electron chi connectivity index (χ0n) is 11.2. The zero-order chi connectivity index (χ0) is 14.3. The molecule has 0 amide bonds. The highest BCUT2D eigenvalue weighted by Gasteiger charge is 2.16. The van der Waals surface area contributed by atoms with Crippen LogP contribution in [0.2, 0.25) is 0 Å². The van der Waals surface area contributed by atoms with Gasteiger partial charge in [0.15, 0.2) is 5.60 Å². The smallest absolute Gasteiger partial charge is 0.163 e. The summed E-state index contributed by atoms with van der Waals surface area (Å²) in [6.45, 7) is 3.73. The molecule has 0 saturated heterocycles. The molecule has 0 spiro atoms. The first kappa shape index (κ1) is 13.1. The Bertz CT molecular complexity index is 837. The summed E-state index contributed by atoms with van der Waals surface area (Å²) in [4.78, 5) is 0. The van der Waals surface area contributed by atoms with Crippen molar-refractivity contribution in [3.05, 3.63) is 40.9 Å². The second kappa shape index (κ2) is 4.57. The number of ether oxygens (including phenoxy) is 1. The van der Waals surface area contributed by atoms with Crippen molar-refractivity contribution in [2.45, 2.75) is 19.4 Å². The maximum atomic E-state index is 5.82. The summed E-state index contributed by atoms with van der Waals surface area (Å²) in [5.74, 6) is 3.37. The van der Waals surface area contributed by atoms with E-state index in [1.165, 1.54) is 0 Å². The van der Waals surface area contributed by atoms with Gasteiger partial charge in [-0.05, 0) is 50.2 Å². The Kier molecular flexibility index (Phi) is 2.99. The molecule has 2 aromatic carbocycles. The Morgan fingerprint density at radius 2 is 1.90 bits per heavy atom. The van der Waals surface area contributed by atoms with Crippen molar-refractivity contribution in [3.8, 4) is 18.1 Å². The summed E-state index contributed by atoms with van der Waals surface area (Å²) in [6.07, 6.45) is 5.46. The Balaban J connectivity index is 2.15. The molecule has 1 aromatic heterocycles. The van der Waals surface area contributed by atoms with Gasteiger partial charge in [-0.15, -0.1) is 6.42 Å². The molecule has 2 nitrogen and oxygen atoms in total. The highest BCUT2D eigenvalue weighted by Crippen LogP contribution is 2.33. The molecule has 3 rings (SSSR count). The highest BCUT2D eigenvalue weighted by atomic mass is 79.9. The molecule has 0 N–H and O–H groups in total. The van der Waals surface area contributed by atoms with Crippen LogP contribution in [-0.4, -0.2) is 5.60 Å². The molecule has 20 heavy (non-hydrogen) atoms. The number of rotatable bonds is 2. The van der Waals surface area contributed by atoms with Gasteiger partial charge < -0.3 is 9.15 Å². The van der Waals surface area contributed by atoms with Crippen LogP contribution in [-0.2, 0) is 0 Å². The predicted molar refractivity (Wildman–Crippen MR) is 85.0 cm³/mol. The Morgan fingerprint density at radius 3 is 2.65 bits per heavy atom. The molecule has 0 atom stereocenters. The first-order valence-corrected chi connectivity index (χ1v) is 7.06. The maximum absolute atomic E-state index is 5.82. The van der Waals surface area contributed by atoms with Crippen LogP contribution in [0.25, 0.3) is 21.9 Å². The van der Waals surface area contributed by atoms with E-state index in [0.29, 0.717) is 0 Å². The summed E-state index contributed by atoms with van der Waals surface area (Å²) < 4.78 is 12.6. The van der Waals surface area contributed by atoms with E-state index in [1.807, 2.05) is 50.2 Å². The monoisotopic (exact) mass is 328 g/mol. The Morgan fingerprint density at radius 1 is 1.10 bits per heavy atom. The van der Waals surface area contributed by atoms with Gasteiger partial charge in [0.05, 0.1) is 0 Å². The second-order valence-electron chi connectivity index (χ2n) is 5.16. The Labute approximate surface area is 125 Å². The number of terminal acetylenes is 1. The lowest BCUT2D eigenvalue weighted by atomic mass is 10.1. The summed E-state index contributed by atoms with van der Waals surface area (Å²) in [6, 6.07) is 11.7. The summed E-state index contributed by atoms with van der Waals surface area (Å²) >= 11 is 3.45. The number of benzene rings is 2. The maximum Gasteiger partial charge on any atom is 0.163 e. The van der Waals surface area contributed by atoms with Gasteiger partial charge in [-0.3, -0.25) is 0 Å². The minimum Gasteiger partial charge on any atom is -0.475 e. The molecule has 100 valence electrons. The van der Waals surface area contributed by atoms with E-state index in [4.69, 9.17) is 15.6 Å². The second-order valence-corrected chi connectivity index (χ2v) is 6.07. The van der Waals surface area contributed by atoms with Crippen LogP contribution in [0, 0.1) is 12.3 Å². The average molecular weight is 329 g/mol. The lowest BCUT2D eigenvalue weighted by molar-refractivity contribution is 0.173. The van der Waals surface area contributed by atoms with Gasteiger partial charge in [0.2, 0.25) is 0 Å². The van der Waals surface area contributed by atoms with Crippen LogP contribution >= 0.6 is 15.9 Å². The van der Waals surface area contributed by atoms with Gasteiger partial charge in [-0.2, -0.15) is 0 Å². The quantitative estimate of drug-likeness (QED) is 0.608. The fourth-order valence-corrected chi connectivity index (χ4v) is 2.46. The van der Waals surface area contributed by atoms with Gasteiger partial charge in [0.25, 0.3) is 0 Å². The number of hydrogen-bond donors (Lipinski definition) is 0. The summed E-state index contributed by atoms with van der Waals surface area (Å²) in [5.41, 5.74) is 1.06. The molecule has 3 heteroatoms. The minimum atomic E-state index is -0.629. The number of hydrogen-bond acceptors (Lipinski definition) is 2. The van der Waals surface area contributed by atoms with Crippen LogP contribution in [0.4, 0.5) is 0 Å². The van der Waals surface area contributed by atoms with Gasteiger partial charge in [-0.1, -0.05) is 21.9 Å². The third-order valence-electron chi connectivity index (χ3n) is 3.13. The van der Waals surface area contributed by atoms with Crippen LogP contribution in [0.3, 0.4) is 0 Å². The number of fused-ring (bicyclic) bond motifs is 3. The first-order chi connectivity index (χ1) is 9.48. The van der Waals surface area contributed by atoms with Gasteiger partial charge >= 0.3 is 0 Å². The van der Waals surface area contributed by atoms with E-state index in [2.05, 4.69) is 21.9 Å². The fraction of sp³-hybridized carbons (Fsp3) is 0.176. The number of halogens is 1. The van der Waals surface area contributed by atoms with Gasteiger partial charge in [0.1, 0.15) is 16.9 Å². The molecule has 0 aliphatic rings. The van der Waals surface area contributed by atoms with Crippen molar-refractivity contribution in [3.63, 3.8) is 0 Å². The third-order valence-corrected chi connectivity index (χ3v) is 3.62. The molecule has 0 aliphatic carbocycles. The fourth-order valence-electron chi connectivity index (χ4n) is 2.12. The van der Waals surface area contributed by atoms with Crippen LogP contribution in [0.1, 0.15) is 13.8 Å². The van der Waals surface area contributed by atoms with Crippen molar-refractivity contribution in [1.82, 2.24) is 0 Å². The molecular weight excluding hydrogens is 316 g/mol. The van der Waals surface area contributed by atoms with Gasteiger partial charge in [0, 0.05) is 15.2 Å². The standard InChI is InChI=1S/C17H13BrO2/c1-4-17(2,3)20-12-6-8-15-14(10-12)13-7-5-11(18)9-16(13)19-15/h1,5-10H,2-3H3.